The topological polar surface area (TPSA) is 78.9 Å². The van der Waals surface area contributed by atoms with Crippen molar-refractivity contribution in [3.63, 3.8) is 0 Å². The van der Waals surface area contributed by atoms with Crippen LogP contribution in [0.4, 0.5) is 0 Å². The number of ether oxygens (including phenoxy) is 3. The number of rotatable bonds is 9. The van der Waals surface area contributed by atoms with E-state index in [2.05, 4.69) is 0 Å². The lowest BCUT2D eigenvalue weighted by Crippen LogP contribution is -2.09. The molecule has 0 aromatic carbocycles. The van der Waals surface area contributed by atoms with Crippen molar-refractivity contribution in [3.8, 4) is 0 Å². The molecule has 1 unspecified atom stereocenters. The Labute approximate surface area is 148 Å². The molecule has 1 atom stereocenters. The molecule has 0 spiro atoms. The van der Waals surface area contributed by atoms with E-state index < -0.39 is 0 Å². The highest BCUT2D eigenvalue weighted by molar-refractivity contribution is 5.90. The first-order valence-electron chi connectivity index (χ1n) is 8.27. The summed E-state index contributed by atoms with van der Waals surface area (Å²) in [6.07, 6.45) is 7.18. The monoisotopic (exact) mass is 350 g/mol. The minimum atomic E-state index is -0.324. The average molecular weight is 350 g/mol. The normalized spacial score (nSPS) is 17.8. The molecule has 0 radical (unpaired) electrons. The SMILES string of the molecule is CC(=O)OCC=C(C)CC1C=C(CCC=C(C)COC(C)=O)C(=O)O1. The summed E-state index contributed by atoms with van der Waals surface area (Å²) in [4.78, 5) is 33.4. The number of hydrogen-bond donors (Lipinski definition) is 0. The summed E-state index contributed by atoms with van der Waals surface area (Å²) in [5.41, 5.74) is 2.60. The van der Waals surface area contributed by atoms with Crippen LogP contribution in [-0.2, 0) is 28.6 Å². The minimum Gasteiger partial charge on any atom is -0.462 e. The van der Waals surface area contributed by atoms with Crippen LogP contribution >= 0.6 is 0 Å². The Morgan fingerprint density at radius 3 is 2.40 bits per heavy atom. The Bertz CT molecular complexity index is 597. The quantitative estimate of drug-likeness (QED) is 0.361. The van der Waals surface area contributed by atoms with Crippen LogP contribution < -0.4 is 0 Å². The predicted molar refractivity (Wildman–Crippen MR) is 92.6 cm³/mol. The van der Waals surface area contributed by atoms with Crippen molar-refractivity contribution < 1.29 is 28.6 Å². The summed E-state index contributed by atoms with van der Waals surface area (Å²) in [7, 11) is 0. The first-order valence-corrected chi connectivity index (χ1v) is 8.27. The van der Waals surface area contributed by atoms with E-state index in [0.717, 1.165) is 11.1 Å². The van der Waals surface area contributed by atoms with Crippen LogP contribution in [0.3, 0.4) is 0 Å². The van der Waals surface area contributed by atoms with E-state index in [4.69, 9.17) is 14.2 Å². The van der Waals surface area contributed by atoms with Crippen molar-refractivity contribution in [1.29, 1.82) is 0 Å². The van der Waals surface area contributed by atoms with E-state index in [0.29, 0.717) is 24.8 Å². The third-order valence-corrected chi connectivity index (χ3v) is 3.56. The number of hydrogen-bond acceptors (Lipinski definition) is 6. The second-order valence-corrected chi connectivity index (χ2v) is 6.06. The van der Waals surface area contributed by atoms with Crippen LogP contribution in [0.25, 0.3) is 0 Å². The molecule has 0 saturated heterocycles. The Kier molecular flexibility index (Phi) is 8.67. The average Bonchev–Trinajstić information content (AvgIpc) is 2.84. The summed E-state index contributed by atoms with van der Waals surface area (Å²) >= 11 is 0. The second-order valence-electron chi connectivity index (χ2n) is 6.06. The van der Waals surface area contributed by atoms with Gasteiger partial charge in [-0.2, -0.15) is 0 Å². The summed E-state index contributed by atoms with van der Waals surface area (Å²) in [6, 6.07) is 0. The summed E-state index contributed by atoms with van der Waals surface area (Å²) < 4.78 is 15.1. The van der Waals surface area contributed by atoms with Crippen molar-refractivity contribution in [1.82, 2.24) is 0 Å². The molecule has 0 aromatic heterocycles. The van der Waals surface area contributed by atoms with Crippen molar-refractivity contribution in [2.45, 2.75) is 53.1 Å². The fourth-order valence-electron chi connectivity index (χ4n) is 2.28. The molecule has 0 aliphatic carbocycles. The summed E-state index contributed by atoms with van der Waals surface area (Å²) in [6.45, 7) is 7.02. The van der Waals surface area contributed by atoms with Crippen LogP contribution in [0.1, 0.15) is 47.0 Å². The Balaban J connectivity index is 2.44. The third-order valence-electron chi connectivity index (χ3n) is 3.56. The molecule has 0 aromatic rings. The third kappa shape index (κ3) is 8.88. The number of esters is 3. The molecule has 0 saturated carbocycles. The fraction of sp³-hybridized carbons (Fsp3) is 0.526. The molecule has 0 amide bonds. The summed E-state index contributed by atoms with van der Waals surface area (Å²) in [5, 5.41) is 0. The molecule has 1 heterocycles. The molecule has 6 nitrogen and oxygen atoms in total. The molecular weight excluding hydrogens is 324 g/mol. The van der Waals surface area contributed by atoms with Crippen molar-refractivity contribution >= 4 is 17.9 Å². The maximum atomic E-state index is 11.9. The van der Waals surface area contributed by atoms with Crippen molar-refractivity contribution in [3.05, 3.63) is 34.9 Å². The summed E-state index contributed by atoms with van der Waals surface area (Å²) in [5.74, 6) is -0.922. The van der Waals surface area contributed by atoms with Gasteiger partial charge in [-0.15, -0.1) is 0 Å². The van der Waals surface area contributed by atoms with Crippen LogP contribution in [0.5, 0.6) is 0 Å². The Morgan fingerprint density at radius 2 is 1.76 bits per heavy atom. The highest BCUT2D eigenvalue weighted by atomic mass is 16.5. The Hall–Kier alpha value is -2.37. The molecule has 0 N–H and O–H groups in total. The van der Waals surface area contributed by atoms with Crippen LogP contribution in [0.2, 0.25) is 0 Å². The van der Waals surface area contributed by atoms with Gasteiger partial charge < -0.3 is 14.2 Å². The molecule has 1 aliphatic heterocycles. The van der Waals surface area contributed by atoms with Gasteiger partial charge in [0.2, 0.25) is 0 Å². The molecule has 25 heavy (non-hydrogen) atoms. The van der Waals surface area contributed by atoms with Gasteiger partial charge in [0.25, 0.3) is 0 Å². The van der Waals surface area contributed by atoms with Gasteiger partial charge in [0.15, 0.2) is 0 Å². The van der Waals surface area contributed by atoms with Gasteiger partial charge in [0.1, 0.15) is 19.3 Å². The van der Waals surface area contributed by atoms with Gasteiger partial charge in [-0.05, 0) is 44.4 Å². The van der Waals surface area contributed by atoms with Crippen LogP contribution in [0, 0.1) is 0 Å². The van der Waals surface area contributed by atoms with Gasteiger partial charge in [0.05, 0.1) is 0 Å². The van der Waals surface area contributed by atoms with Crippen LogP contribution in [-0.4, -0.2) is 37.2 Å². The van der Waals surface area contributed by atoms with Crippen molar-refractivity contribution in [2.75, 3.05) is 13.2 Å². The van der Waals surface area contributed by atoms with Gasteiger partial charge in [0, 0.05) is 25.8 Å². The van der Waals surface area contributed by atoms with E-state index in [1.165, 1.54) is 13.8 Å². The highest BCUT2D eigenvalue weighted by Gasteiger charge is 2.24. The van der Waals surface area contributed by atoms with E-state index in [-0.39, 0.29) is 37.2 Å². The zero-order chi connectivity index (χ0) is 18.8. The van der Waals surface area contributed by atoms with Gasteiger partial charge in [-0.25, -0.2) is 4.79 Å². The van der Waals surface area contributed by atoms with Gasteiger partial charge in [-0.1, -0.05) is 11.6 Å². The standard InChI is InChI=1S/C19H26O6/c1-13(8-9-23-15(3)20)10-18-11-17(19(22)25-18)7-5-6-14(2)12-24-16(4)21/h6,8,11,18H,5,7,9-10,12H2,1-4H3. The van der Waals surface area contributed by atoms with E-state index >= 15 is 0 Å². The zero-order valence-electron chi connectivity index (χ0n) is 15.3. The van der Waals surface area contributed by atoms with E-state index in [1.807, 2.05) is 32.1 Å². The lowest BCUT2D eigenvalue weighted by atomic mass is 10.1. The molecule has 0 fully saturated rings. The number of cyclic esters (lactones) is 1. The molecule has 6 heteroatoms. The van der Waals surface area contributed by atoms with Gasteiger partial charge >= 0.3 is 17.9 Å². The van der Waals surface area contributed by atoms with E-state index in [1.54, 1.807) is 0 Å². The molecular formula is C19H26O6. The smallest absolute Gasteiger partial charge is 0.334 e. The largest absolute Gasteiger partial charge is 0.462 e. The van der Waals surface area contributed by atoms with Crippen LogP contribution in [0.15, 0.2) is 34.9 Å². The highest BCUT2D eigenvalue weighted by Crippen LogP contribution is 2.23. The fourth-order valence-corrected chi connectivity index (χ4v) is 2.28. The van der Waals surface area contributed by atoms with Gasteiger partial charge in [-0.3, -0.25) is 9.59 Å². The number of carbonyl (C=O) groups is 3. The first kappa shape index (κ1) is 20.7. The maximum Gasteiger partial charge on any atom is 0.334 e. The number of carbonyl (C=O) groups excluding carboxylic acids is 3. The molecule has 1 aliphatic rings. The molecule has 1 rings (SSSR count). The lowest BCUT2D eigenvalue weighted by molar-refractivity contribution is -0.140. The molecule has 0 bridgehead atoms. The maximum absolute atomic E-state index is 11.9. The lowest BCUT2D eigenvalue weighted by Gasteiger charge is -2.08. The minimum absolute atomic E-state index is 0.227. The number of allylic oxidation sites excluding steroid dienone is 1. The Morgan fingerprint density at radius 1 is 1.08 bits per heavy atom. The predicted octanol–water partition coefficient (Wildman–Crippen LogP) is 3.03. The first-order chi connectivity index (χ1) is 11.8. The van der Waals surface area contributed by atoms with Crippen molar-refractivity contribution in [2.24, 2.45) is 0 Å². The van der Waals surface area contributed by atoms with E-state index in [9.17, 15) is 14.4 Å². The molecule has 138 valence electrons. The second kappa shape index (κ2) is 10.5. The zero-order valence-corrected chi connectivity index (χ0v) is 15.3.